The van der Waals surface area contributed by atoms with Crippen molar-refractivity contribution in [1.29, 1.82) is 0 Å². The van der Waals surface area contributed by atoms with Gasteiger partial charge in [-0.25, -0.2) is 4.79 Å². The third-order valence-corrected chi connectivity index (χ3v) is 3.30. The van der Waals surface area contributed by atoms with Crippen LogP contribution in [0.5, 0.6) is 0 Å². The molecule has 0 atom stereocenters. The van der Waals surface area contributed by atoms with Gasteiger partial charge in [-0.1, -0.05) is 25.8 Å². The van der Waals surface area contributed by atoms with Gasteiger partial charge in [0, 0.05) is 12.1 Å². The van der Waals surface area contributed by atoms with Gasteiger partial charge < -0.3 is 10.4 Å². The molecule has 0 bridgehead atoms. The van der Waals surface area contributed by atoms with Crippen molar-refractivity contribution in [3.8, 4) is 0 Å². The van der Waals surface area contributed by atoms with Gasteiger partial charge >= 0.3 is 5.97 Å². The molecule has 3 nitrogen and oxygen atoms in total. The van der Waals surface area contributed by atoms with Gasteiger partial charge in [0.1, 0.15) is 0 Å². The van der Waals surface area contributed by atoms with Gasteiger partial charge in [0.2, 0.25) is 0 Å². The molecule has 0 aromatic rings. The van der Waals surface area contributed by atoms with Crippen LogP contribution in [0.1, 0.15) is 39.0 Å². The number of carbonyl (C=O) groups is 1. The first kappa shape index (κ1) is 16.5. The van der Waals surface area contributed by atoms with E-state index in [1.807, 2.05) is 18.7 Å². The van der Waals surface area contributed by atoms with Crippen LogP contribution >= 0.6 is 11.8 Å². The predicted molar refractivity (Wildman–Crippen MR) is 75.7 cm³/mol. The molecule has 0 aliphatic rings. The molecule has 0 aliphatic heterocycles. The minimum atomic E-state index is -0.800. The van der Waals surface area contributed by atoms with E-state index in [1.165, 1.54) is 31.4 Å². The Hall–Kier alpha value is -0.480. The molecular weight excluding hydrogens is 234 g/mol. The van der Waals surface area contributed by atoms with E-state index in [-0.39, 0.29) is 0 Å². The lowest BCUT2D eigenvalue weighted by atomic mass is 10.2. The summed E-state index contributed by atoms with van der Waals surface area (Å²) in [5, 5.41) is 12.0. The minimum Gasteiger partial charge on any atom is -0.478 e. The molecule has 0 unspecified atom stereocenters. The lowest BCUT2D eigenvalue weighted by molar-refractivity contribution is -0.132. The van der Waals surface area contributed by atoms with Crippen LogP contribution in [-0.4, -0.2) is 36.2 Å². The molecule has 0 aliphatic carbocycles. The monoisotopic (exact) mass is 259 g/mol. The predicted octanol–water partition coefficient (Wildman–Crippen LogP) is 2.92. The number of nitrogens with one attached hydrogen (secondary N) is 1. The zero-order valence-corrected chi connectivity index (χ0v) is 11.8. The number of hydrogen-bond acceptors (Lipinski definition) is 3. The first-order valence-corrected chi connectivity index (χ1v) is 7.73. The van der Waals surface area contributed by atoms with Crippen molar-refractivity contribution in [3.05, 3.63) is 11.6 Å². The summed E-state index contributed by atoms with van der Waals surface area (Å²) in [6.07, 6.45) is 9.55. The third kappa shape index (κ3) is 10.4. The highest BCUT2D eigenvalue weighted by molar-refractivity contribution is 7.98. The SMILES string of the molecule is CCC(=CCNCCCCCCSC)C(=O)O. The number of rotatable bonds is 11. The molecule has 0 saturated heterocycles. The topological polar surface area (TPSA) is 49.3 Å². The second kappa shape index (κ2) is 12.0. The number of hydrogen-bond donors (Lipinski definition) is 2. The highest BCUT2D eigenvalue weighted by atomic mass is 32.2. The fourth-order valence-corrected chi connectivity index (χ4v) is 2.02. The van der Waals surface area contributed by atoms with E-state index in [9.17, 15) is 4.79 Å². The van der Waals surface area contributed by atoms with E-state index in [1.54, 1.807) is 6.08 Å². The van der Waals surface area contributed by atoms with Crippen molar-refractivity contribution < 1.29 is 9.90 Å². The van der Waals surface area contributed by atoms with Gasteiger partial charge in [0.25, 0.3) is 0 Å². The van der Waals surface area contributed by atoms with Gasteiger partial charge in [-0.15, -0.1) is 0 Å². The summed E-state index contributed by atoms with van der Waals surface area (Å²) in [6, 6.07) is 0. The summed E-state index contributed by atoms with van der Waals surface area (Å²) in [5.74, 6) is 0.459. The Balaban J connectivity index is 3.36. The quantitative estimate of drug-likeness (QED) is 0.442. The van der Waals surface area contributed by atoms with Crippen LogP contribution in [0.3, 0.4) is 0 Å². The normalized spacial score (nSPS) is 11.8. The molecule has 0 heterocycles. The largest absolute Gasteiger partial charge is 0.478 e. The van der Waals surface area contributed by atoms with E-state index in [2.05, 4.69) is 11.6 Å². The fraction of sp³-hybridized carbons (Fsp3) is 0.769. The van der Waals surface area contributed by atoms with Crippen molar-refractivity contribution in [2.75, 3.05) is 25.1 Å². The maximum absolute atomic E-state index is 10.7. The van der Waals surface area contributed by atoms with Crippen LogP contribution in [-0.2, 0) is 4.79 Å². The summed E-state index contributed by atoms with van der Waals surface area (Å²) in [7, 11) is 0. The maximum atomic E-state index is 10.7. The standard InChI is InChI=1S/C13H25NO2S/c1-3-12(13(15)16)8-10-14-9-6-4-5-7-11-17-2/h8,14H,3-7,9-11H2,1-2H3,(H,15,16). The molecule has 2 N–H and O–H groups in total. The zero-order chi connectivity index (χ0) is 12.9. The summed E-state index contributed by atoms with van der Waals surface area (Å²) in [6.45, 7) is 3.51. The van der Waals surface area contributed by atoms with Gasteiger partial charge in [-0.2, -0.15) is 11.8 Å². The summed E-state index contributed by atoms with van der Waals surface area (Å²) < 4.78 is 0. The van der Waals surface area contributed by atoms with E-state index >= 15 is 0 Å². The molecule has 0 fully saturated rings. The Labute approximate surface area is 109 Å². The summed E-state index contributed by atoms with van der Waals surface area (Å²) in [5.41, 5.74) is 0.498. The maximum Gasteiger partial charge on any atom is 0.331 e. The van der Waals surface area contributed by atoms with Crippen molar-refractivity contribution in [1.82, 2.24) is 5.32 Å². The zero-order valence-electron chi connectivity index (χ0n) is 11.0. The molecule has 0 rings (SSSR count). The Morgan fingerprint density at radius 2 is 2.00 bits per heavy atom. The number of aliphatic carboxylic acids is 1. The van der Waals surface area contributed by atoms with E-state index in [0.29, 0.717) is 18.5 Å². The second-order valence-electron chi connectivity index (χ2n) is 4.00. The molecular formula is C13H25NO2S. The third-order valence-electron chi connectivity index (χ3n) is 2.60. The van der Waals surface area contributed by atoms with Crippen LogP contribution in [0.15, 0.2) is 11.6 Å². The van der Waals surface area contributed by atoms with Gasteiger partial charge in [-0.3, -0.25) is 0 Å². The Bertz CT molecular complexity index is 229. The molecule has 100 valence electrons. The second-order valence-corrected chi connectivity index (χ2v) is 4.98. The lowest BCUT2D eigenvalue weighted by Crippen LogP contribution is -2.16. The molecule has 0 spiro atoms. The molecule has 17 heavy (non-hydrogen) atoms. The van der Waals surface area contributed by atoms with Crippen LogP contribution in [0.4, 0.5) is 0 Å². The average molecular weight is 259 g/mol. The Morgan fingerprint density at radius 1 is 1.29 bits per heavy atom. The summed E-state index contributed by atoms with van der Waals surface area (Å²) >= 11 is 1.90. The van der Waals surface area contributed by atoms with Crippen LogP contribution in [0.2, 0.25) is 0 Å². The minimum absolute atomic E-state index is 0.498. The molecule has 0 radical (unpaired) electrons. The molecule has 0 saturated carbocycles. The first-order valence-electron chi connectivity index (χ1n) is 6.34. The fourth-order valence-electron chi connectivity index (χ4n) is 1.53. The van der Waals surface area contributed by atoms with E-state index < -0.39 is 5.97 Å². The summed E-state index contributed by atoms with van der Waals surface area (Å²) in [4.78, 5) is 10.7. The van der Waals surface area contributed by atoms with Crippen molar-refractivity contribution in [3.63, 3.8) is 0 Å². The number of carboxylic acid groups (broad SMARTS) is 1. The van der Waals surface area contributed by atoms with Gasteiger partial charge in [0.05, 0.1) is 0 Å². The van der Waals surface area contributed by atoms with Crippen molar-refractivity contribution in [2.24, 2.45) is 0 Å². The highest BCUT2D eigenvalue weighted by Gasteiger charge is 2.02. The lowest BCUT2D eigenvalue weighted by Gasteiger charge is -2.03. The Kier molecular flexibility index (Phi) is 11.7. The molecule has 4 heteroatoms. The van der Waals surface area contributed by atoms with Crippen LogP contribution < -0.4 is 5.32 Å². The van der Waals surface area contributed by atoms with E-state index in [4.69, 9.17) is 5.11 Å². The molecule has 0 aromatic carbocycles. The molecule has 0 amide bonds. The smallest absolute Gasteiger partial charge is 0.331 e. The van der Waals surface area contributed by atoms with Crippen molar-refractivity contribution in [2.45, 2.75) is 39.0 Å². The van der Waals surface area contributed by atoms with E-state index in [0.717, 1.165) is 6.54 Å². The van der Waals surface area contributed by atoms with Gasteiger partial charge in [-0.05, 0) is 37.8 Å². The average Bonchev–Trinajstić information content (AvgIpc) is 2.31. The number of unbranched alkanes of at least 4 members (excludes halogenated alkanes) is 3. The van der Waals surface area contributed by atoms with Gasteiger partial charge in [0.15, 0.2) is 0 Å². The molecule has 0 aromatic heterocycles. The van der Waals surface area contributed by atoms with Crippen LogP contribution in [0.25, 0.3) is 0 Å². The highest BCUT2D eigenvalue weighted by Crippen LogP contribution is 2.04. The Morgan fingerprint density at radius 3 is 2.59 bits per heavy atom. The number of carboxylic acids is 1. The van der Waals surface area contributed by atoms with Crippen molar-refractivity contribution >= 4 is 17.7 Å². The van der Waals surface area contributed by atoms with Crippen LogP contribution in [0, 0.1) is 0 Å². The number of thioether (sulfide) groups is 1. The first-order chi connectivity index (χ1) is 8.22.